The van der Waals surface area contributed by atoms with Gasteiger partial charge in [-0.3, -0.25) is 9.79 Å². The third kappa shape index (κ3) is 4.80. The number of nitrogen functional groups attached to an aromatic ring is 1. The molecular weight excluding hydrogens is 407 g/mol. The van der Waals surface area contributed by atoms with Gasteiger partial charge in [-0.1, -0.05) is 13.0 Å². The summed E-state index contributed by atoms with van der Waals surface area (Å²) >= 11 is 0. The van der Waals surface area contributed by atoms with Gasteiger partial charge >= 0.3 is 0 Å². The fourth-order valence-electron chi connectivity index (χ4n) is 3.31. The number of carbonyl (C=O) groups is 1. The van der Waals surface area contributed by atoms with Crippen molar-refractivity contribution in [1.29, 1.82) is 5.41 Å². The molecule has 1 aromatic heterocycles. The molecule has 0 radical (unpaired) electrons. The van der Waals surface area contributed by atoms with Gasteiger partial charge in [-0.2, -0.15) is 0 Å². The fraction of sp³-hybridized carbons (Fsp3) is 0.292. The molecule has 1 heterocycles. The Balaban J connectivity index is 2.93. The van der Waals surface area contributed by atoms with Gasteiger partial charge in [0.2, 0.25) is 5.91 Å². The van der Waals surface area contributed by atoms with Crippen LogP contribution >= 0.6 is 0 Å². The molecule has 1 unspecified atom stereocenters. The molecule has 170 valence electrons. The van der Waals surface area contributed by atoms with Crippen LogP contribution in [0.25, 0.3) is 10.9 Å². The van der Waals surface area contributed by atoms with Gasteiger partial charge in [-0.05, 0) is 57.9 Å². The second-order valence-corrected chi connectivity index (χ2v) is 7.62. The molecule has 2 aromatic rings. The first kappa shape index (κ1) is 24.6. The number of amides is 1. The van der Waals surface area contributed by atoms with Gasteiger partial charge in [0.25, 0.3) is 0 Å². The highest BCUT2D eigenvalue weighted by Gasteiger charge is 2.23. The maximum Gasteiger partial charge on any atom is 0.226 e. The average Bonchev–Trinajstić information content (AvgIpc) is 3.13. The predicted molar refractivity (Wildman–Crippen MR) is 131 cm³/mol. The number of aliphatic imine (C=N–C) groups is 1. The van der Waals surface area contributed by atoms with Crippen molar-refractivity contribution in [2.45, 2.75) is 47.0 Å². The number of nitrogens with one attached hydrogen (secondary N) is 2. The van der Waals surface area contributed by atoms with Crippen LogP contribution in [0.2, 0.25) is 0 Å². The number of nitrogens with two attached hydrogens (primary N) is 3. The minimum Gasteiger partial charge on any atom is -0.398 e. The zero-order chi connectivity index (χ0) is 24.2. The number of H-pyrrole nitrogens is 1. The van der Waals surface area contributed by atoms with Crippen molar-refractivity contribution in [3.8, 4) is 0 Å². The standard InChI is InChI=1S/C24H31FN6O/c1-6-12(3)21(28)16(10-15(25)7-2)14(5)30-23-20-17(11-26)18(27)8-9-19(20)31-22(23)13(4)24(29)32/h7-11,13,26,31H,6,27-28H2,1-5H3,(H2,29,32)/b15-7+,16-10-,21-12-,26-11?,30-14?. The first-order valence-corrected chi connectivity index (χ1v) is 10.4. The molecule has 8 N–H and O–H groups in total. The second-order valence-electron chi connectivity index (χ2n) is 7.62. The molecule has 0 saturated carbocycles. The van der Waals surface area contributed by atoms with Crippen LogP contribution in [0.4, 0.5) is 15.8 Å². The van der Waals surface area contributed by atoms with E-state index in [1.165, 1.54) is 12.2 Å². The van der Waals surface area contributed by atoms with E-state index in [4.69, 9.17) is 27.6 Å². The lowest BCUT2D eigenvalue weighted by molar-refractivity contribution is -0.119. The van der Waals surface area contributed by atoms with E-state index in [2.05, 4.69) is 4.98 Å². The minimum absolute atomic E-state index is 0.399. The molecule has 7 nitrogen and oxygen atoms in total. The topological polar surface area (TPSA) is 147 Å². The minimum atomic E-state index is -0.682. The van der Waals surface area contributed by atoms with E-state index in [1.807, 2.05) is 13.8 Å². The quantitative estimate of drug-likeness (QED) is 0.227. The Morgan fingerprint density at radius 1 is 1.31 bits per heavy atom. The summed E-state index contributed by atoms with van der Waals surface area (Å²) in [5, 5.41) is 8.43. The lowest BCUT2D eigenvalue weighted by Crippen LogP contribution is -2.19. The summed E-state index contributed by atoms with van der Waals surface area (Å²) in [6.45, 7) is 8.82. The Morgan fingerprint density at radius 2 is 1.97 bits per heavy atom. The number of carbonyl (C=O) groups excluding carboxylic acids is 1. The molecule has 0 fully saturated rings. The zero-order valence-corrected chi connectivity index (χ0v) is 19.1. The van der Waals surface area contributed by atoms with Crippen LogP contribution in [0.15, 0.2) is 51.9 Å². The number of hydrogen-bond donors (Lipinski definition) is 5. The second kappa shape index (κ2) is 10.1. The first-order chi connectivity index (χ1) is 15.1. The number of allylic oxidation sites excluding steroid dienone is 5. The first-order valence-electron chi connectivity index (χ1n) is 10.4. The van der Waals surface area contributed by atoms with Gasteiger partial charge in [0.15, 0.2) is 0 Å². The van der Waals surface area contributed by atoms with E-state index in [0.717, 1.165) is 11.8 Å². The molecule has 0 aliphatic carbocycles. The third-order valence-corrected chi connectivity index (χ3v) is 5.55. The molecule has 1 aromatic carbocycles. The summed E-state index contributed by atoms with van der Waals surface area (Å²) < 4.78 is 14.2. The number of hydrogen-bond acceptors (Lipinski definition) is 5. The Labute approximate surface area is 187 Å². The number of fused-ring (bicyclic) bond motifs is 1. The van der Waals surface area contributed by atoms with Gasteiger partial charge in [0.1, 0.15) is 5.83 Å². The van der Waals surface area contributed by atoms with E-state index in [9.17, 15) is 9.18 Å². The number of aromatic amines is 1. The smallest absolute Gasteiger partial charge is 0.226 e. The Kier molecular flexibility index (Phi) is 7.75. The monoisotopic (exact) mass is 438 g/mol. The molecule has 1 amide bonds. The highest BCUT2D eigenvalue weighted by molar-refractivity contribution is 6.12. The highest BCUT2D eigenvalue weighted by atomic mass is 19.1. The molecule has 0 bridgehead atoms. The highest BCUT2D eigenvalue weighted by Crippen LogP contribution is 2.39. The van der Waals surface area contributed by atoms with Gasteiger partial charge in [-0.15, -0.1) is 0 Å². The number of anilines is 1. The van der Waals surface area contributed by atoms with E-state index in [0.29, 0.717) is 56.9 Å². The summed E-state index contributed by atoms with van der Waals surface area (Å²) in [6.07, 6.45) is 4.51. The number of nitrogens with zero attached hydrogens (tertiary/aromatic N) is 1. The van der Waals surface area contributed by atoms with Crippen molar-refractivity contribution >= 4 is 40.1 Å². The van der Waals surface area contributed by atoms with Crippen LogP contribution in [0.5, 0.6) is 0 Å². The summed E-state index contributed by atoms with van der Waals surface area (Å²) in [7, 11) is 0. The normalized spacial score (nSPS) is 15.0. The van der Waals surface area contributed by atoms with Crippen LogP contribution in [0.3, 0.4) is 0 Å². The van der Waals surface area contributed by atoms with Crippen molar-refractivity contribution in [3.63, 3.8) is 0 Å². The lowest BCUT2D eigenvalue weighted by atomic mass is 10.00. The van der Waals surface area contributed by atoms with E-state index >= 15 is 0 Å². The summed E-state index contributed by atoms with van der Waals surface area (Å²) in [6, 6.07) is 3.44. The number of primary amides is 1. The molecule has 1 atom stereocenters. The van der Waals surface area contributed by atoms with Crippen molar-refractivity contribution in [3.05, 3.63) is 58.2 Å². The number of rotatable bonds is 8. The molecule has 0 aliphatic rings. The number of aromatic nitrogens is 1. The summed E-state index contributed by atoms with van der Waals surface area (Å²) in [4.78, 5) is 19.9. The molecule has 0 spiro atoms. The van der Waals surface area contributed by atoms with Crippen molar-refractivity contribution in [2.24, 2.45) is 16.5 Å². The van der Waals surface area contributed by atoms with Crippen LogP contribution in [-0.4, -0.2) is 22.8 Å². The van der Waals surface area contributed by atoms with Gasteiger partial charge in [0, 0.05) is 45.4 Å². The third-order valence-electron chi connectivity index (χ3n) is 5.55. The number of benzene rings is 1. The summed E-state index contributed by atoms with van der Waals surface area (Å²) in [5.74, 6) is -1.67. The molecule has 2 rings (SSSR count). The maximum absolute atomic E-state index is 14.2. The maximum atomic E-state index is 14.2. The number of halogens is 1. The van der Waals surface area contributed by atoms with Crippen LogP contribution in [-0.2, 0) is 4.79 Å². The van der Waals surface area contributed by atoms with E-state index in [1.54, 1.807) is 32.9 Å². The molecular formula is C24H31FN6O. The van der Waals surface area contributed by atoms with Gasteiger partial charge in [0.05, 0.1) is 17.3 Å². The van der Waals surface area contributed by atoms with Crippen molar-refractivity contribution < 1.29 is 9.18 Å². The van der Waals surface area contributed by atoms with E-state index in [-0.39, 0.29) is 0 Å². The predicted octanol–water partition coefficient (Wildman–Crippen LogP) is 4.87. The largest absolute Gasteiger partial charge is 0.398 e. The average molecular weight is 439 g/mol. The van der Waals surface area contributed by atoms with Crippen LogP contribution in [0.1, 0.15) is 58.2 Å². The zero-order valence-electron chi connectivity index (χ0n) is 19.1. The Hall–Kier alpha value is -3.68. The summed E-state index contributed by atoms with van der Waals surface area (Å²) in [5.41, 5.74) is 22.6. The lowest BCUT2D eigenvalue weighted by Gasteiger charge is -2.13. The Bertz CT molecular complexity index is 1180. The molecule has 0 aliphatic heterocycles. The van der Waals surface area contributed by atoms with Gasteiger partial charge < -0.3 is 27.6 Å². The van der Waals surface area contributed by atoms with Crippen molar-refractivity contribution in [1.82, 2.24) is 4.98 Å². The molecule has 0 saturated heterocycles. The molecule has 8 heteroatoms. The SMILES string of the molecule is C\C=C(F)/C=C(C(C)=Nc1c(C(C)C(N)=O)[nH]c2ccc(N)c(C=N)c12)\C(N)=C(/C)CC. The fourth-order valence-corrected chi connectivity index (χ4v) is 3.31. The Morgan fingerprint density at radius 3 is 2.50 bits per heavy atom. The van der Waals surface area contributed by atoms with Crippen molar-refractivity contribution in [2.75, 3.05) is 5.73 Å². The van der Waals surface area contributed by atoms with E-state index < -0.39 is 17.7 Å². The molecule has 32 heavy (non-hydrogen) atoms. The van der Waals surface area contributed by atoms with Crippen LogP contribution < -0.4 is 17.2 Å². The van der Waals surface area contributed by atoms with Crippen LogP contribution in [0, 0.1) is 5.41 Å². The van der Waals surface area contributed by atoms with Gasteiger partial charge in [-0.25, -0.2) is 4.39 Å².